The van der Waals surface area contributed by atoms with Gasteiger partial charge >= 0.3 is 0 Å². The fraction of sp³-hybridized carbons (Fsp3) is 0.667. The molecule has 1 saturated heterocycles. The van der Waals surface area contributed by atoms with Crippen molar-refractivity contribution in [2.75, 3.05) is 25.2 Å². The molecule has 1 aliphatic heterocycles. The molecule has 1 fully saturated rings. The fourth-order valence-corrected chi connectivity index (χ4v) is 4.72. The van der Waals surface area contributed by atoms with E-state index in [2.05, 4.69) is 17.2 Å². The summed E-state index contributed by atoms with van der Waals surface area (Å²) in [5.41, 5.74) is 0.873. The minimum absolute atomic E-state index is 0.0411. The van der Waals surface area contributed by atoms with Crippen molar-refractivity contribution in [2.45, 2.75) is 32.2 Å². The predicted octanol–water partition coefficient (Wildman–Crippen LogP) is 1.96. The molecule has 21 heavy (non-hydrogen) atoms. The van der Waals surface area contributed by atoms with Crippen molar-refractivity contribution in [3.05, 3.63) is 24.0 Å². The molecule has 2 heterocycles. The molecule has 0 radical (unpaired) electrons. The molecule has 6 heteroatoms. The summed E-state index contributed by atoms with van der Waals surface area (Å²) in [7, 11) is -1.20. The SMILES string of the molecule is CCCNC(CC1CCS(=O)(=O)C1)c1ncccc1OC. The molecule has 1 aromatic rings. The molecular weight excluding hydrogens is 288 g/mol. The van der Waals surface area contributed by atoms with Gasteiger partial charge in [-0.05, 0) is 43.9 Å². The first-order valence-electron chi connectivity index (χ1n) is 7.48. The van der Waals surface area contributed by atoms with Crippen LogP contribution in [0.25, 0.3) is 0 Å². The van der Waals surface area contributed by atoms with Crippen molar-refractivity contribution >= 4 is 9.84 Å². The van der Waals surface area contributed by atoms with E-state index in [4.69, 9.17) is 4.74 Å². The molecule has 5 nitrogen and oxygen atoms in total. The molecule has 0 aromatic carbocycles. The average Bonchev–Trinajstić information content (AvgIpc) is 2.82. The number of hydrogen-bond donors (Lipinski definition) is 1. The Bertz CT molecular complexity index is 560. The molecule has 118 valence electrons. The van der Waals surface area contributed by atoms with Gasteiger partial charge in [0, 0.05) is 6.20 Å². The Labute approximate surface area is 127 Å². The summed E-state index contributed by atoms with van der Waals surface area (Å²) in [4.78, 5) is 4.44. The van der Waals surface area contributed by atoms with Crippen LogP contribution < -0.4 is 10.1 Å². The lowest BCUT2D eigenvalue weighted by molar-refractivity contribution is 0.369. The van der Waals surface area contributed by atoms with Crippen molar-refractivity contribution in [3.8, 4) is 5.75 Å². The van der Waals surface area contributed by atoms with Crippen molar-refractivity contribution in [1.29, 1.82) is 0 Å². The quantitative estimate of drug-likeness (QED) is 0.833. The normalized spacial score (nSPS) is 22.1. The van der Waals surface area contributed by atoms with Crippen molar-refractivity contribution in [3.63, 3.8) is 0 Å². The first-order valence-corrected chi connectivity index (χ1v) is 9.30. The van der Waals surface area contributed by atoms with E-state index in [1.807, 2.05) is 12.1 Å². The molecule has 0 saturated carbocycles. The van der Waals surface area contributed by atoms with E-state index in [0.717, 1.165) is 37.3 Å². The lowest BCUT2D eigenvalue weighted by Gasteiger charge is -2.22. The first-order chi connectivity index (χ1) is 10.1. The summed E-state index contributed by atoms with van der Waals surface area (Å²) in [5, 5.41) is 3.48. The Hall–Kier alpha value is -1.14. The number of nitrogens with one attached hydrogen (secondary N) is 1. The van der Waals surface area contributed by atoms with E-state index in [9.17, 15) is 8.42 Å². The Balaban J connectivity index is 2.14. The molecule has 0 amide bonds. The third-order valence-electron chi connectivity index (χ3n) is 3.89. The zero-order chi connectivity index (χ0) is 15.3. The van der Waals surface area contributed by atoms with Crippen LogP contribution in [0.3, 0.4) is 0 Å². The van der Waals surface area contributed by atoms with Crippen LogP contribution in [0.2, 0.25) is 0 Å². The molecule has 2 atom stereocenters. The van der Waals surface area contributed by atoms with Crippen molar-refractivity contribution in [1.82, 2.24) is 10.3 Å². The van der Waals surface area contributed by atoms with E-state index < -0.39 is 9.84 Å². The Morgan fingerprint density at radius 2 is 2.33 bits per heavy atom. The topological polar surface area (TPSA) is 68.3 Å². The van der Waals surface area contributed by atoms with Crippen molar-refractivity contribution in [2.24, 2.45) is 5.92 Å². The molecule has 0 aliphatic carbocycles. The molecular formula is C15H24N2O3S. The highest BCUT2D eigenvalue weighted by molar-refractivity contribution is 7.91. The van der Waals surface area contributed by atoms with E-state index in [0.29, 0.717) is 11.5 Å². The number of pyridine rings is 1. The van der Waals surface area contributed by atoms with Crippen LogP contribution >= 0.6 is 0 Å². The zero-order valence-electron chi connectivity index (χ0n) is 12.7. The highest BCUT2D eigenvalue weighted by Gasteiger charge is 2.31. The summed E-state index contributed by atoms with van der Waals surface area (Å²) in [6, 6.07) is 3.78. The average molecular weight is 312 g/mol. The molecule has 1 aliphatic rings. The Morgan fingerprint density at radius 1 is 1.52 bits per heavy atom. The van der Waals surface area contributed by atoms with Gasteiger partial charge < -0.3 is 10.1 Å². The van der Waals surface area contributed by atoms with Gasteiger partial charge in [-0.25, -0.2) is 8.42 Å². The van der Waals surface area contributed by atoms with Crippen LogP contribution in [0.5, 0.6) is 5.75 Å². The maximum atomic E-state index is 11.6. The highest BCUT2D eigenvalue weighted by Crippen LogP contribution is 2.31. The maximum absolute atomic E-state index is 11.6. The standard InChI is InChI=1S/C15H24N2O3S/c1-3-7-16-13(10-12-6-9-21(18,19)11-12)15-14(20-2)5-4-8-17-15/h4-5,8,12-13,16H,3,6-7,9-11H2,1-2H3. The number of ether oxygens (including phenoxy) is 1. The van der Waals surface area contributed by atoms with Gasteiger partial charge in [0.25, 0.3) is 0 Å². The van der Waals surface area contributed by atoms with Gasteiger partial charge in [0.1, 0.15) is 5.75 Å². The van der Waals surface area contributed by atoms with Gasteiger partial charge in [0.2, 0.25) is 0 Å². The van der Waals surface area contributed by atoms with Crippen molar-refractivity contribution < 1.29 is 13.2 Å². The molecule has 0 spiro atoms. The summed E-state index contributed by atoms with van der Waals surface area (Å²) in [5.74, 6) is 1.58. The minimum Gasteiger partial charge on any atom is -0.495 e. The molecule has 1 aromatic heterocycles. The van der Waals surface area contributed by atoms with Crippen LogP contribution in [0, 0.1) is 5.92 Å². The van der Waals surface area contributed by atoms with Gasteiger partial charge in [-0.2, -0.15) is 0 Å². The first kappa shape index (κ1) is 16.2. The van der Waals surface area contributed by atoms with E-state index >= 15 is 0 Å². The van der Waals surface area contributed by atoms with E-state index in [-0.39, 0.29) is 12.0 Å². The zero-order valence-corrected chi connectivity index (χ0v) is 13.5. The van der Waals surface area contributed by atoms with Gasteiger partial charge in [0.15, 0.2) is 9.84 Å². The van der Waals surface area contributed by atoms with Crippen LogP contribution in [0.4, 0.5) is 0 Å². The molecule has 1 N–H and O–H groups in total. The highest BCUT2D eigenvalue weighted by atomic mass is 32.2. The smallest absolute Gasteiger partial charge is 0.150 e. The molecule has 2 unspecified atom stereocenters. The fourth-order valence-electron chi connectivity index (χ4n) is 2.84. The van der Waals surface area contributed by atoms with E-state index in [1.54, 1.807) is 13.3 Å². The number of aromatic nitrogens is 1. The van der Waals surface area contributed by atoms with E-state index in [1.165, 1.54) is 0 Å². The number of hydrogen-bond acceptors (Lipinski definition) is 5. The van der Waals surface area contributed by atoms with Crippen LogP contribution in [-0.4, -0.2) is 38.6 Å². The Kier molecular flexibility index (Phi) is 5.58. The second-order valence-electron chi connectivity index (χ2n) is 5.60. The number of methoxy groups -OCH3 is 1. The predicted molar refractivity (Wildman–Crippen MR) is 83.2 cm³/mol. The van der Waals surface area contributed by atoms with Gasteiger partial charge in [-0.15, -0.1) is 0 Å². The minimum atomic E-state index is -2.84. The number of sulfone groups is 1. The molecule has 2 rings (SSSR count). The van der Waals surface area contributed by atoms with Crippen LogP contribution in [0.1, 0.15) is 37.9 Å². The lowest BCUT2D eigenvalue weighted by atomic mass is 9.96. The Morgan fingerprint density at radius 3 is 2.95 bits per heavy atom. The lowest BCUT2D eigenvalue weighted by Crippen LogP contribution is -2.26. The number of rotatable bonds is 7. The third-order valence-corrected chi connectivity index (χ3v) is 5.72. The largest absolute Gasteiger partial charge is 0.495 e. The summed E-state index contributed by atoms with van der Waals surface area (Å²) in [6.45, 7) is 2.99. The third kappa shape index (κ3) is 4.41. The second-order valence-corrected chi connectivity index (χ2v) is 7.83. The maximum Gasteiger partial charge on any atom is 0.150 e. The van der Waals surface area contributed by atoms with Gasteiger partial charge in [-0.1, -0.05) is 6.92 Å². The summed E-state index contributed by atoms with van der Waals surface area (Å²) >= 11 is 0. The molecule has 0 bridgehead atoms. The van der Waals surface area contributed by atoms with Crippen LogP contribution in [-0.2, 0) is 9.84 Å². The number of nitrogens with zero attached hydrogens (tertiary/aromatic N) is 1. The summed E-state index contributed by atoms with van der Waals surface area (Å²) in [6.07, 6.45) is 4.31. The second kappa shape index (κ2) is 7.22. The van der Waals surface area contributed by atoms with Gasteiger partial charge in [-0.3, -0.25) is 4.98 Å². The van der Waals surface area contributed by atoms with Crippen LogP contribution in [0.15, 0.2) is 18.3 Å². The summed E-state index contributed by atoms with van der Waals surface area (Å²) < 4.78 is 28.7. The monoisotopic (exact) mass is 312 g/mol. The van der Waals surface area contributed by atoms with Gasteiger partial charge in [0.05, 0.1) is 30.4 Å².